The molecule has 1 aliphatic heterocycles. The highest BCUT2D eigenvalue weighted by Gasteiger charge is 2.15. The van der Waals surface area contributed by atoms with E-state index in [0.717, 1.165) is 53.7 Å². The number of piperazine rings is 1. The number of aryl methyl sites for hydroxylation is 1. The third kappa shape index (κ3) is 1.87. The molecule has 2 heterocycles. The fourth-order valence-electron chi connectivity index (χ4n) is 2.20. The van der Waals surface area contributed by atoms with E-state index in [-0.39, 0.29) is 0 Å². The summed E-state index contributed by atoms with van der Waals surface area (Å²) in [6, 6.07) is 3.91. The van der Waals surface area contributed by atoms with E-state index < -0.39 is 0 Å². The molecule has 2 N–H and O–H groups in total. The number of nitrogens with one attached hydrogen (secondary N) is 2. The molecule has 1 aromatic carbocycles. The number of halogens is 1. The van der Waals surface area contributed by atoms with Gasteiger partial charge < -0.3 is 15.2 Å². The lowest BCUT2D eigenvalue weighted by molar-refractivity contribution is 0.582. The summed E-state index contributed by atoms with van der Waals surface area (Å²) >= 11 is 6.11. The van der Waals surface area contributed by atoms with Crippen molar-refractivity contribution in [3.8, 4) is 0 Å². The Labute approximate surface area is 105 Å². The van der Waals surface area contributed by atoms with Crippen LogP contribution in [0.5, 0.6) is 0 Å². The zero-order chi connectivity index (χ0) is 11.8. The molecule has 1 fully saturated rings. The minimum absolute atomic E-state index is 0.774. The van der Waals surface area contributed by atoms with Crippen molar-refractivity contribution in [1.29, 1.82) is 0 Å². The molecule has 2 aromatic rings. The van der Waals surface area contributed by atoms with Crippen molar-refractivity contribution in [3.05, 3.63) is 22.7 Å². The van der Waals surface area contributed by atoms with Crippen molar-refractivity contribution in [2.24, 2.45) is 0 Å². The van der Waals surface area contributed by atoms with E-state index in [1.807, 2.05) is 19.1 Å². The normalized spacial score (nSPS) is 16.7. The first-order valence-corrected chi connectivity index (χ1v) is 6.24. The summed E-state index contributed by atoms with van der Waals surface area (Å²) in [6.07, 6.45) is 0. The van der Waals surface area contributed by atoms with Gasteiger partial charge in [0.05, 0.1) is 11.0 Å². The van der Waals surface area contributed by atoms with E-state index in [1.165, 1.54) is 0 Å². The van der Waals surface area contributed by atoms with Gasteiger partial charge in [0.25, 0.3) is 0 Å². The highest BCUT2D eigenvalue weighted by molar-refractivity contribution is 6.32. The number of hydrogen-bond acceptors (Lipinski definition) is 3. The number of benzene rings is 1. The minimum Gasteiger partial charge on any atom is -0.340 e. The van der Waals surface area contributed by atoms with E-state index in [0.29, 0.717) is 0 Å². The summed E-state index contributed by atoms with van der Waals surface area (Å²) in [7, 11) is 0. The highest BCUT2D eigenvalue weighted by atomic mass is 35.5. The Morgan fingerprint density at radius 3 is 2.82 bits per heavy atom. The second-order valence-corrected chi connectivity index (χ2v) is 4.77. The van der Waals surface area contributed by atoms with Gasteiger partial charge in [-0.05, 0) is 24.6 Å². The van der Waals surface area contributed by atoms with Crippen molar-refractivity contribution >= 4 is 28.6 Å². The maximum Gasteiger partial charge on any atom is 0.203 e. The summed E-state index contributed by atoms with van der Waals surface area (Å²) in [5.41, 5.74) is 3.08. The molecule has 0 atom stereocenters. The number of anilines is 1. The monoisotopic (exact) mass is 250 g/mol. The molecule has 0 aliphatic carbocycles. The van der Waals surface area contributed by atoms with Crippen LogP contribution < -0.4 is 10.2 Å². The van der Waals surface area contributed by atoms with Crippen LogP contribution in [0.3, 0.4) is 0 Å². The lowest BCUT2D eigenvalue weighted by Crippen LogP contribution is -2.44. The van der Waals surface area contributed by atoms with Crippen molar-refractivity contribution in [1.82, 2.24) is 15.3 Å². The Kier molecular flexibility index (Phi) is 2.68. The fraction of sp³-hybridized carbons (Fsp3) is 0.417. The number of hydrogen-bond donors (Lipinski definition) is 2. The molecule has 1 aliphatic rings. The molecule has 0 radical (unpaired) electrons. The standard InChI is InChI=1S/C12H15ClN4/c1-8-9(13)2-3-10-11(8)16-12(15-10)17-6-4-14-5-7-17/h2-3,14H,4-7H2,1H3,(H,15,16). The maximum atomic E-state index is 6.11. The van der Waals surface area contributed by atoms with Gasteiger partial charge in [-0.25, -0.2) is 4.98 Å². The SMILES string of the molecule is Cc1c(Cl)ccc2[nH]c(N3CCNCC3)nc12. The third-order valence-electron chi connectivity index (χ3n) is 3.25. The molecular formula is C12H15ClN4. The van der Waals surface area contributed by atoms with Gasteiger partial charge in [0, 0.05) is 31.2 Å². The van der Waals surface area contributed by atoms with Gasteiger partial charge in [0.2, 0.25) is 5.95 Å². The first-order valence-electron chi connectivity index (χ1n) is 5.86. The molecule has 5 heteroatoms. The molecule has 0 spiro atoms. The Hall–Kier alpha value is -1.26. The quantitative estimate of drug-likeness (QED) is 0.813. The number of imidazole rings is 1. The third-order valence-corrected chi connectivity index (χ3v) is 3.66. The molecule has 0 bridgehead atoms. The first kappa shape index (κ1) is 10.9. The van der Waals surface area contributed by atoms with Crippen LogP contribution in [-0.2, 0) is 0 Å². The van der Waals surface area contributed by atoms with Gasteiger partial charge in [-0.2, -0.15) is 0 Å². The van der Waals surface area contributed by atoms with Gasteiger partial charge in [0.1, 0.15) is 0 Å². The van der Waals surface area contributed by atoms with Crippen LogP contribution in [0.2, 0.25) is 5.02 Å². The topological polar surface area (TPSA) is 44.0 Å². The van der Waals surface area contributed by atoms with Gasteiger partial charge in [-0.15, -0.1) is 0 Å². The number of rotatable bonds is 1. The number of nitrogens with zero attached hydrogens (tertiary/aromatic N) is 2. The summed E-state index contributed by atoms with van der Waals surface area (Å²) in [6.45, 7) is 6.01. The van der Waals surface area contributed by atoms with Gasteiger partial charge >= 0.3 is 0 Å². The van der Waals surface area contributed by atoms with Crippen molar-refractivity contribution in [3.63, 3.8) is 0 Å². The molecule has 3 rings (SSSR count). The van der Waals surface area contributed by atoms with E-state index in [2.05, 4.69) is 20.2 Å². The number of aromatic amines is 1. The van der Waals surface area contributed by atoms with Crippen molar-refractivity contribution in [2.45, 2.75) is 6.92 Å². The average molecular weight is 251 g/mol. The Morgan fingerprint density at radius 2 is 2.06 bits per heavy atom. The first-order chi connectivity index (χ1) is 8.25. The number of fused-ring (bicyclic) bond motifs is 1. The largest absolute Gasteiger partial charge is 0.340 e. The summed E-state index contributed by atoms with van der Waals surface area (Å²) in [5.74, 6) is 0.951. The number of H-pyrrole nitrogens is 1. The molecule has 1 saturated heterocycles. The predicted octanol–water partition coefficient (Wildman–Crippen LogP) is 1.93. The van der Waals surface area contributed by atoms with Crippen molar-refractivity contribution < 1.29 is 0 Å². The van der Waals surface area contributed by atoms with Crippen LogP contribution in [0.25, 0.3) is 11.0 Å². The van der Waals surface area contributed by atoms with E-state index in [1.54, 1.807) is 0 Å². The van der Waals surface area contributed by atoms with Gasteiger partial charge in [0.15, 0.2) is 0 Å². The van der Waals surface area contributed by atoms with Crippen LogP contribution in [0.1, 0.15) is 5.56 Å². The molecule has 4 nitrogen and oxygen atoms in total. The van der Waals surface area contributed by atoms with Crippen LogP contribution >= 0.6 is 11.6 Å². The molecular weight excluding hydrogens is 236 g/mol. The second-order valence-electron chi connectivity index (χ2n) is 4.37. The smallest absolute Gasteiger partial charge is 0.203 e. The highest BCUT2D eigenvalue weighted by Crippen LogP contribution is 2.25. The molecule has 90 valence electrons. The van der Waals surface area contributed by atoms with Gasteiger partial charge in [-0.1, -0.05) is 11.6 Å². The Balaban J connectivity index is 2.04. The van der Waals surface area contributed by atoms with Crippen molar-refractivity contribution in [2.75, 3.05) is 31.1 Å². The molecule has 0 amide bonds. The van der Waals surface area contributed by atoms with Crippen LogP contribution in [0.15, 0.2) is 12.1 Å². The summed E-state index contributed by atoms with van der Waals surface area (Å²) < 4.78 is 0. The zero-order valence-corrected chi connectivity index (χ0v) is 10.5. The summed E-state index contributed by atoms with van der Waals surface area (Å²) in [4.78, 5) is 10.3. The van der Waals surface area contributed by atoms with Crippen LogP contribution in [-0.4, -0.2) is 36.1 Å². The van der Waals surface area contributed by atoms with Gasteiger partial charge in [-0.3, -0.25) is 0 Å². The Bertz CT molecular complexity index is 543. The molecule has 1 aromatic heterocycles. The predicted molar refractivity (Wildman–Crippen MR) is 70.9 cm³/mol. The van der Waals surface area contributed by atoms with E-state index in [9.17, 15) is 0 Å². The average Bonchev–Trinajstić information content (AvgIpc) is 2.80. The van der Waals surface area contributed by atoms with Crippen LogP contribution in [0.4, 0.5) is 5.95 Å². The lowest BCUT2D eigenvalue weighted by Gasteiger charge is -2.26. The molecule has 0 saturated carbocycles. The van der Waals surface area contributed by atoms with Crippen LogP contribution in [0, 0.1) is 6.92 Å². The molecule has 0 unspecified atom stereocenters. The van der Waals surface area contributed by atoms with E-state index >= 15 is 0 Å². The summed E-state index contributed by atoms with van der Waals surface area (Å²) in [5, 5.41) is 4.11. The fourth-order valence-corrected chi connectivity index (χ4v) is 2.35. The maximum absolute atomic E-state index is 6.11. The Morgan fingerprint density at radius 1 is 1.29 bits per heavy atom. The van der Waals surface area contributed by atoms with E-state index in [4.69, 9.17) is 11.6 Å². The lowest BCUT2D eigenvalue weighted by atomic mass is 10.2. The second kappa shape index (κ2) is 4.20. The molecule has 17 heavy (non-hydrogen) atoms. The zero-order valence-electron chi connectivity index (χ0n) is 9.76. The minimum atomic E-state index is 0.774. The number of aromatic nitrogens is 2.